The Hall–Kier alpha value is -2.83. The van der Waals surface area contributed by atoms with Crippen molar-refractivity contribution >= 4 is 11.4 Å². The maximum atomic E-state index is 12.8. The standard InChI is InChI=1S/C18H20N4O3/c23-16(19-12-13-4-3-11-25-13)7-8-21-9-10-22-17(18(21)24)14-5-1-2-6-15(14)20-22/h3-4,9-11H,1-2,5-8,12H2,(H,19,23). The first-order chi connectivity index (χ1) is 12.2. The molecule has 3 heterocycles. The fourth-order valence-electron chi connectivity index (χ4n) is 3.34. The highest BCUT2D eigenvalue weighted by Crippen LogP contribution is 2.22. The molecule has 1 amide bonds. The molecule has 1 aliphatic rings. The van der Waals surface area contributed by atoms with Crippen LogP contribution in [0.4, 0.5) is 0 Å². The van der Waals surface area contributed by atoms with E-state index in [0.29, 0.717) is 24.4 Å². The Morgan fingerprint density at radius 2 is 2.16 bits per heavy atom. The molecule has 0 saturated carbocycles. The van der Waals surface area contributed by atoms with E-state index < -0.39 is 0 Å². The summed E-state index contributed by atoms with van der Waals surface area (Å²) in [6.07, 6.45) is 9.38. The minimum atomic E-state index is -0.112. The van der Waals surface area contributed by atoms with Gasteiger partial charge in [0.25, 0.3) is 5.56 Å². The van der Waals surface area contributed by atoms with E-state index >= 15 is 0 Å². The minimum absolute atomic E-state index is 0.0722. The van der Waals surface area contributed by atoms with Gasteiger partial charge in [0.2, 0.25) is 5.91 Å². The molecule has 1 aliphatic carbocycles. The first-order valence-electron chi connectivity index (χ1n) is 8.61. The number of aromatic nitrogens is 3. The number of carbonyl (C=O) groups is 1. The fraction of sp³-hybridized carbons (Fsp3) is 0.389. The van der Waals surface area contributed by atoms with Crippen LogP contribution in [0, 0.1) is 0 Å². The molecule has 0 aliphatic heterocycles. The van der Waals surface area contributed by atoms with Crippen LogP contribution in [0.1, 0.15) is 36.3 Å². The molecule has 1 N–H and O–H groups in total. The Morgan fingerprint density at radius 3 is 3.00 bits per heavy atom. The van der Waals surface area contributed by atoms with Crippen LogP contribution in [0.25, 0.3) is 5.52 Å². The zero-order chi connectivity index (χ0) is 17.2. The molecule has 0 fully saturated rings. The van der Waals surface area contributed by atoms with E-state index in [0.717, 1.165) is 36.9 Å². The van der Waals surface area contributed by atoms with Crippen molar-refractivity contribution < 1.29 is 9.21 Å². The zero-order valence-electron chi connectivity index (χ0n) is 13.9. The van der Waals surface area contributed by atoms with Crippen LogP contribution >= 0.6 is 0 Å². The van der Waals surface area contributed by atoms with E-state index in [2.05, 4.69) is 10.4 Å². The number of hydrogen-bond acceptors (Lipinski definition) is 4. The predicted molar refractivity (Wildman–Crippen MR) is 91.3 cm³/mol. The summed E-state index contributed by atoms with van der Waals surface area (Å²) in [6, 6.07) is 3.59. The predicted octanol–water partition coefficient (Wildman–Crippen LogP) is 1.67. The minimum Gasteiger partial charge on any atom is -0.467 e. The molecule has 7 heteroatoms. The van der Waals surface area contributed by atoms with E-state index in [1.807, 2.05) is 6.07 Å². The van der Waals surface area contributed by atoms with Gasteiger partial charge in [-0.05, 0) is 37.8 Å². The first-order valence-corrected chi connectivity index (χ1v) is 8.61. The summed E-state index contributed by atoms with van der Waals surface area (Å²) >= 11 is 0. The normalized spacial score (nSPS) is 13.8. The fourth-order valence-corrected chi connectivity index (χ4v) is 3.34. The molecule has 0 aromatic carbocycles. The van der Waals surface area contributed by atoms with Crippen LogP contribution in [0.5, 0.6) is 0 Å². The van der Waals surface area contributed by atoms with Crippen molar-refractivity contribution in [2.24, 2.45) is 0 Å². The van der Waals surface area contributed by atoms with Gasteiger partial charge < -0.3 is 14.3 Å². The summed E-state index contributed by atoms with van der Waals surface area (Å²) in [5, 5.41) is 7.31. The Balaban J connectivity index is 1.47. The van der Waals surface area contributed by atoms with Crippen LogP contribution in [-0.4, -0.2) is 20.1 Å². The lowest BCUT2D eigenvalue weighted by molar-refractivity contribution is -0.121. The Morgan fingerprint density at radius 1 is 1.28 bits per heavy atom. The summed E-state index contributed by atoms with van der Waals surface area (Å²) in [7, 11) is 0. The second kappa shape index (κ2) is 6.58. The van der Waals surface area contributed by atoms with E-state index in [9.17, 15) is 9.59 Å². The van der Waals surface area contributed by atoms with Crippen molar-refractivity contribution in [3.63, 3.8) is 0 Å². The number of amides is 1. The average Bonchev–Trinajstić information content (AvgIpc) is 3.26. The van der Waals surface area contributed by atoms with Crippen LogP contribution in [0.3, 0.4) is 0 Å². The lowest BCUT2D eigenvalue weighted by atomic mass is 9.97. The van der Waals surface area contributed by atoms with Crippen molar-refractivity contribution in [3.8, 4) is 0 Å². The quantitative estimate of drug-likeness (QED) is 0.766. The highest BCUT2D eigenvalue weighted by molar-refractivity contribution is 5.75. The van der Waals surface area contributed by atoms with E-state index in [1.165, 1.54) is 0 Å². The summed E-state index contributed by atoms with van der Waals surface area (Å²) in [4.78, 5) is 24.8. The van der Waals surface area contributed by atoms with Crippen LogP contribution in [0.15, 0.2) is 40.0 Å². The summed E-state index contributed by atoms with van der Waals surface area (Å²) in [5.41, 5.74) is 2.70. The maximum Gasteiger partial charge on any atom is 0.276 e. The average molecular weight is 340 g/mol. The second-order valence-corrected chi connectivity index (χ2v) is 6.33. The molecule has 3 aromatic heterocycles. The van der Waals surface area contributed by atoms with Gasteiger partial charge in [0, 0.05) is 30.9 Å². The van der Waals surface area contributed by atoms with Gasteiger partial charge in [0.15, 0.2) is 0 Å². The van der Waals surface area contributed by atoms with Gasteiger partial charge in [-0.25, -0.2) is 4.52 Å². The van der Waals surface area contributed by atoms with E-state index in [4.69, 9.17) is 4.42 Å². The first kappa shape index (κ1) is 15.7. The topological polar surface area (TPSA) is 81.5 Å². The molecule has 3 aromatic rings. The molecule has 4 rings (SSSR count). The summed E-state index contributed by atoms with van der Waals surface area (Å²) < 4.78 is 8.46. The summed E-state index contributed by atoms with van der Waals surface area (Å²) in [5.74, 6) is 0.594. The molecule has 130 valence electrons. The van der Waals surface area contributed by atoms with Crippen LogP contribution < -0.4 is 10.9 Å². The van der Waals surface area contributed by atoms with Gasteiger partial charge in [0.05, 0.1) is 18.5 Å². The van der Waals surface area contributed by atoms with Gasteiger partial charge in [-0.1, -0.05) is 0 Å². The third-order valence-electron chi connectivity index (χ3n) is 4.65. The van der Waals surface area contributed by atoms with Gasteiger partial charge in [-0.3, -0.25) is 9.59 Å². The van der Waals surface area contributed by atoms with Crippen molar-refractivity contribution in [1.29, 1.82) is 0 Å². The number of furan rings is 1. The lowest BCUT2D eigenvalue weighted by Crippen LogP contribution is -2.27. The highest BCUT2D eigenvalue weighted by Gasteiger charge is 2.19. The SMILES string of the molecule is O=C(CCn1ccn2nc3c(c2c1=O)CCCC3)NCc1ccco1. The molecule has 0 saturated heterocycles. The second-order valence-electron chi connectivity index (χ2n) is 6.33. The number of hydrogen-bond donors (Lipinski definition) is 1. The summed E-state index contributed by atoms with van der Waals surface area (Å²) in [6.45, 7) is 0.704. The molecular formula is C18H20N4O3. The number of nitrogens with zero attached hydrogens (tertiary/aromatic N) is 3. The van der Waals surface area contributed by atoms with Crippen LogP contribution in [0.2, 0.25) is 0 Å². The van der Waals surface area contributed by atoms with Crippen molar-refractivity contribution in [2.75, 3.05) is 0 Å². The molecule has 0 unspecified atom stereocenters. The van der Waals surface area contributed by atoms with E-state index in [1.54, 1.807) is 33.8 Å². The Bertz CT molecular complexity index is 953. The maximum absolute atomic E-state index is 12.8. The third-order valence-corrected chi connectivity index (χ3v) is 4.65. The monoisotopic (exact) mass is 340 g/mol. The molecule has 0 atom stereocenters. The zero-order valence-corrected chi connectivity index (χ0v) is 13.9. The van der Waals surface area contributed by atoms with Gasteiger partial charge in [-0.15, -0.1) is 0 Å². The molecule has 0 bridgehead atoms. The third kappa shape index (κ3) is 3.09. The van der Waals surface area contributed by atoms with E-state index in [-0.39, 0.29) is 17.9 Å². The van der Waals surface area contributed by atoms with Crippen molar-refractivity contribution in [3.05, 3.63) is 58.2 Å². The molecule has 0 radical (unpaired) electrons. The number of rotatable bonds is 5. The number of fused-ring (bicyclic) bond motifs is 3. The number of aryl methyl sites for hydroxylation is 3. The number of carbonyl (C=O) groups excluding carboxylic acids is 1. The molecule has 7 nitrogen and oxygen atoms in total. The van der Waals surface area contributed by atoms with Gasteiger partial charge in [-0.2, -0.15) is 5.10 Å². The molecular weight excluding hydrogens is 320 g/mol. The van der Waals surface area contributed by atoms with Crippen molar-refractivity contribution in [2.45, 2.75) is 45.2 Å². The van der Waals surface area contributed by atoms with Crippen LogP contribution in [-0.2, 0) is 30.7 Å². The van der Waals surface area contributed by atoms with Crippen molar-refractivity contribution in [1.82, 2.24) is 19.5 Å². The van der Waals surface area contributed by atoms with Gasteiger partial charge in [0.1, 0.15) is 11.3 Å². The Labute approximate surface area is 144 Å². The largest absolute Gasteiger partial charge is 0.467 e. The lowest BCUT2D eigenvalue weighted by Gasteiger charge is -2.09. The Kier molecular flexibility index (Phi) is 4.13. The smallest absolute Gasteiger partial charge is 0.276 e. The number of nitrogens with one attached hydrogen (secondary N) is 1. The highest BCUT2D eigenvalue weighted by atomic mass is 16.3. The molecule has 0 spiro atoms. The molecule has 25 heavy (non-hydrogen) atoms. The van der Waals surface area contributed by atoms with Gasteiger partial charge >= 0.3 is 0 Å².